The van der Waals surface area contributed by atoms with Gasteiger partial charge < -0.3 is 20.8 Å². The van der Waals surface area contributed by atoms with E-state index in [9.17, 15) is 42.4 Å². The van der Waals surface area contributed by atoms with E-state index < -0.39 is 49.7 Å². The third-order valence-electron chi connectivity index (χ3n) is 11.2. The van der Waals surface area contributed by atoms with Gasteiger partial charge in [0.2, 0.25) is 11.8 Å². The molecule has 0 aliphatic heterocycles. The summed E-state index contributed by atoms with van der Waals surface area (Å²) in [6, 6.07) is 7.32. The Morgan fingerprint density at radius 3 is 1.51 bits per heavy atom. The van der Waals surface area contributed by atoms with Crippen molar-refractivity contribution in [1.82, 2.24) is 19.8 Å². The largest absolute Gasteiger partial charge is 0.493 e. The van der Waals surface area contributed by atoms with Crippen molar-refractivity contribution in [3.8, 4) is 22.9 Å². The zero-order valence-corrected chi connectivity index (χ0v) is 41.6. The van der Waals surface area contributed by atoms with Crippen LogP contribution < -0.4 is 21.8 Å². The highest BCUT2D eigenvalue weighted by Crippen LogP contribution is 2.41. The van der Waals surface area contributed by atoms with Gasteiger partial charge in [0, 0.05) is 46.8 Å². The van der Waals surface area contributed by atoms with Gasteiger partial charge in [-0.15, -0.1) is 14.6 Å². The quantitative estimate of drug-likeness (QED) is 0.0133. The molecule has 2 unspecified atom stereocenters. The van der Waals surface area contributed by atoms with Crippen molar-refractivity contribution in [3.63, 3.8) is 0 Å². The summed E-state index contributed by atoms with van der Waals surface area (Å²) < 4.78 is 43.0. The fraction of sp³-hybridized carbons (Fsp3) is 0.478. The molecule has 0 saturated carbocycles. The van der Waals surface area contributed by atoms with Crippen LogP contribution in [-0.4, -0.2) is 61.5 Å². The summed E-state index contributed by atoms with van der Waals surface area (Å²) in [4.78, 5) is 53.2. The molecule has 0 fully saturated rings. The van der Waals surface area contributed by atoms with Crippen molar-refractivity contribution in [2.75, 3.05) is 0 Å². The molecule has 370 valence electrons. The Balaban J connectivity index is 1.74. The van der Waals surface area contributed by atoms with Crippen LogP contribution in [0.1, 0.15) is 126 Å². The first-order valence-corrected chi connectivity index (χ1v) is 24.5. The van der Waals surface area contributed by atoms with Gasteiger partial charge in [-0.3, -0.25) is 32.9 Å². The van der Waals surface area contributed by atoms with Crippen molar-refractivity contribution < 1.29 is 47.4 Å². The first-order chi connectivity index (χ1) is 32.0. The van der Waals surface area contributed by atoms with E-state index in [4.69, 9.17) is 9.59 Å². The lowest BCUT2D eigenvalue weighted by molar-refractivity contribution is -0.432. The van der Waals surface area contributed by atoms with Gasteiger partial charge in [-0.05, 0) is 96.0 Å². The van der Waals surface area contributed by atoms with Gasteiger partial charge in [-0.25, -0.2) is 5.26 Å². The number of benzene rings is 2. The van der Waals surface area contributed by atoms with E-state index in [1.165, 1.54) is 44.2 Å². The molecule has 0 saturated heterocycles. The van der Waals surface area contributed by atoms with Gasteiger partial charge in [0.05, 0.1) is 23.4 Å². The van der Waals surface area contributed by atoms with Crippen LogP contribution in [0.5, 0.6) is 11.8 Å². The van der Waals surface area contributed by atoms with Crippen LogP contribution in [0.25, 0.3) is 11.1 Å². The average Bonchev–Trinajstić information content (AvgIpc) is 3.25. The fourth-order valence-electron chi connectivity index (χ4n) is 7.51. The van der Waals surface area contributed by atoms with Gasteiger partial charge >= 0.3 is 0 Å². The Hall–Kier alpha value is -5.78. The number of rotatable bonds is 23. The van der Waals surface area contributed by atoms with Crippen molar-refractivity contribution in [2.45, 2.75) is 143 Å². The Morgan fingerprint density at radius 1 is 0.691 bits per heavy atom. The van der Waals surface area contributed by atoms with E-state index in [1.54, 1.807) is 13.8 Å². The van der Waals surface area contributed by atoms with Gasteiger partial charge in [-0.1, -0.05) is 70.5 Å². The third-order valence-corrected chi connectivity index (χ3v) is 12.7. The molecule has 6 N–H and O–H groups in total. The molecule has 0 aliphatic carbocycles. The first-order valence-electron chi connectivity index (χ1n) is 22.3. The van der Waals surface area contributed by atoms with Gasteiger partial charge in [0.15, 0.2) is 0 Å². The van der Waals surface area contributed by atoms with Gasteiger partial charge in [0.25, 0.3) is 33.1 Å². The summed E-state index contributed by atoms with van der Waals surface area (Å²) in [6.45, 7) is 18.2. The summed E-state index contributed by atoms with van der Waals surface area (Å²) in [7, 11) is -5.01. The van der Waals surface area contributed by atoms with E-state index in [2.05, 4.69) is 63.8 Å². The second-order valence-electron chi connectivity index (χ2n) is 17.3. The summed E-state index contributed by atoms with van der Waals surface area (Å²) in [5, 5.41) is 57.5. The normalized spacial score (nSPS) is 13.0. The SMILES string of the molecule is CCn1c(O)c(N=Nc2ccc(-c3ccc(N=Nc4c(C)c(C(=O)NC(C)CCCC(C)C)c(=O)n(CC)c4O)cc3S(=O)(=O)O)c(SOOO)c2)c(C)c(C(=O)NC(C)CCCC(C)C)c1=O. The van der Waals surface area contributed by atoms with Gasteiger partial charge in [-0.2, -0.15) is 18.6 Å². The van der Waals surface area contributed by atoms with Crippen LogP contribution in [0.15, 0.2) is 76.2 Å². The van der Waals surface area contributed by atoms with Gasteiger partial charge in [0.1, 0.15) is 27.4 Å². The van der Waals surface area contributed by atoms with E-state index in [-0.39, 0.29) is 86.2 Å². The molecule has 22 heteroatoms. The minimum Gasteiger partial charge on any atom is -0.493 e. The minimum atomic E-state index is -5.01. The number of aromatic hydroxyl groups is 2. The molecule has 0 radical (unpaired) electrons. The number of nitrogens with zero attached hydrogens (tertiary/aromatic N) is 6. The fourth-order valence-corrected chi connectivity index (χ4v) is 8.78. The molecule has 0 bridgehead atoms. The number of azo groups is 2. The van der Waals surface area contributed by atoms with Crippen LogP contribution >= 0.6 is 12.0 Å². The highest BCUT2D eigenvalue weighted by atomic mass is 32.2. The molecular formula is C46H62N8O12S2. The lowest BCUT2D eigenvalue weighted by Gasteiger charge is -2.18. The van der Waals surface area contributed by atoms with E-state index >= 15 is 0 Å². The predicted octanol–water partition coefficient (Wildman–Crippen LogP) is 10.1. The van der Waals surface area contributed by atoms with Crippen molar-refractivity contribution in [3.05, 3.63) is 79.4 Å². The lowest BCUT2D eigenvalue weighted by atomic mass is 10.0. The number of carbonyl (C=O) groups excluding carboxylic acids is 2. The Morgan fingerprint density at radius 2 is 1.12 bits per heavy atom. The Kier molecular flexibility index (Phi) is 19.7. The molecule has 4 rings (SSSR count). The molecule has 4 aromatic rings. The highest BCUT2D eigenvalue weighted by Gasteiger charge is 2.27. The number of amides is 2. The van der Waals surface area contributed by atoms with E-state index in [1.807, 2.05) is 13.8 Å². The maximum atomic E-state index is 13.5. The molecule has 0 spiro atoms. The number of nitrogens with one attached hydrogen (secondary N) is 2. The van der Waals surface area contributed by atoms with Crippen LogP contribution in [0.2, 0.25) is 0 Å². The number of hydrogen-bond donors (Lipinski definition) is 6. The molecule has 2 aromatic carbocycles. The molecular weight excluding hydrogens is 921 g/mol. The number of pyridine rings is 2. The molecule has 2 amide bonds. The standard InChI is InChI=1S/C46H62N8O12S2/c1-11-53-43(57)37(41(55)47-27(7)17-13-15-25(3)4)29(9)39(45(53)59)51-49-31-19-21-33(35(23-31)67-66-65-61)34-22-20-32(24-36(34)68(62,63)64)50-52-40-30(10)38(44(58)54(12-2)46(40)60)42(56)48-28(8)18-14-16-26(5)6/h19-28,59-61H,11-18H2,1-10H3,(H,47,55)(H,48,56)(H,62,63,64). The summed E-state index contributed by atoms with van der Waals surface area (Å²) >= 11 is 0.433. The molecule has 68 heavy (non-hydrogen) atoms. The van der Waals surface area contributed by atoms with Crippen LogP contribution in [0.3, 0.4) is 0 Å². The second-order valence-corrected chi connectivity index (χ2v) is 19.4. The second kappa shape index (κ2) is 24.5. The number of aromatic nitrogens is 2. The minimum absolute atomic E-state index is 0.00927. The molecule has 20 nitrogen and oxygen atoms in total. The highest BCUT2D eigenvalue weighted by molar-refractivity contribution is 7.94. The van der Waals surface area contributed by atoms with Crippen molar-refractivity contribution in [2.24, 2.45) is 32.3 Å². The smallest absolute Gasteiger partial charge is 0.295 e. The average molecular weight is 983 g/mol. The summed E-state index contributed by atoms with van der Waals surface area (Å²) in [6.07, 6.45) is 5.07. The van der Waals surface area contributed by atoms with Crippen LogP contribution in [-0.2, 0) is 32.6 Å². The maximum absolute atomic E-state index is 13.5. The Labute approximate surface area is 399 Å². The predicted molar refractivity (Wildman–Crippen MR) is 257 cm³/mol. The zero-order chi connectivity index (χ0) is 50.6. The van der Waals surface area contributed by atoms with E-state index in [0.717, 1.165) is 40.9 Å². The summed E-state index contributed by atoms with van der Waals surface area (Å²) in [5.41, 5.74) is -2.16. The van der Waals surface area contributed by atoms with Crippen LogP contribution in [0.4, 0.5) is 22.7 Å². The summed E-state index contributed by atoms with van der Waals surface area (Å²) in [5.74, 6) is -1.39. The van der Waals surface area contributed by atoms with Crippen molar-refractivity contribution >= 4 is 56.7 Å². The zero-order valence-electron chi connectivity index (χ0n) is 40.0. The van der Waals surface area contributed by atoms with E-state index in [0.29, 0.717) is 36.7 Å². The topological polar surface area (TPSA) is 285 Å². The monoisotopic (exact) mass is 982 g/mol. The Bertz CT molecular complexity index is 2770. The number of hydrogen-bond acceptors (Lipinski definition) is 16. The molecule has 2 aromatic heterocycles. The third kappa shape index (κ3) is 13.7. The molecule has 2 atom stereocenters. The number of carbonyl (C=O) groups is 2. The van der Waals surface area contributed by atoms with Crippen LogP contribution in [0, 0.1) is 25.7 Å². The molecule has 0 aliphatic rings. The molecule has 2 heterocycles. The lowest BCUT2D eigenvalue weighted by Crippen LogP contribution is -2.38. The van der Waals surface area contributed by atoms with Crippen molar-refractivity contribution in [1.29, 1.82) is 0 Å². The first kappa shape index (κ1) is 54.8. The maximum Gasteiger partial charge on any atom is 0.295 e.